The minimum absolute atomic E-state index is 0.0818. The molecule has 0 radical (unpaired) electrons. The number of thioether (sulfide) groups is 1. The van der Waals surface area contributed by atoms with Gasteiger partial charge in [-0.15, -0.1) is 0 Å². The van der Waals surface area contributed by atoms with Crippen molar-refractivity contribution in [1.82, 2.24) is 4.98 Å². The van der Waals surface area contributed by atoms with Crippen LogP contribution in [0.3, 0.4) is 0 Å². The summed E-state index contributed by atoms with van der Waals surface area (Å²) in [6.45, 7) is 3.32. The quantitative estimate of drug-likeness (QED) is 0.139. The van der Waals surface area contributed by atoms with E-state index in [1.54, 1.807) is 52.3 Å². The van der Waals surface area contributed by atoms with Crippen molar-refractivity contribution in [1.29, 1.82) is 5.26 Å². The second kappa shape index (κ2) is 12.3. The zero-order valence-corrected chi connectivity index (χ0v) is 23.1. The van der Waals surface area contributed by atoms with Crippen LogP contribution >= 0.6 is 11.8 Å². The van der Waals surface area contributed by atoms with Crippen molar-refractivity contribution in [3.63, 3.8) is 0 Å². The van der Waals surface area contributed by atoms with Crippen LogP contribution in [0.4, 0.5) is 11.4 Å². The highest BCUT2D eigenvalue weighted by atomic mass is 32.2. The number of nitro groups is 1. The minimum atomic E-state index is -0.677. The number of carbonyl (C=O) groups excluding carboxylic acids is 1. The summed E-state index contributed by atoms with van der Waals surface area (Å²) in [5, 5.41) is 24.0. The molecule has 1 N–H and O–H groups in total. The smallest absolute Gasteiger partial charge is 0.274 e. The van der Waals surface area contributed by atoms with Crippen LogP contribution in [-0.2, 0) is 4.79 Å². The van der Waals surface area contributed by atoms with Crippen LogP contribution in [0.2, 0.25) is 0 Å². The molecule has 9 nitrogen and oxygen atoms in total. The lowest BCUT2D eigenvalue weighted by Gasteiger charge is -2.17. The summed E-state index contributed by atoms with van der Waals surface area (Å²) in [5.74, 6) is 0.682. The molecule has 0 spiro atoms. The number of pyridine rings is 1. The van der Waals surface area contributed by atoms with Crippen LogP contribution in [0.25, 0.3) is 22.4 Å². The normalized spacial score (nSPS) is 11.3. The second-order valence-corrected chi connectivity index (χ2v) is 10.1. The van der Waals surface area contributed by atoms with Crippen LogP contribution < -0.4 is 14.8 Å². The third kappa shape index (κ3) is 6.06. The molecule has 0 fully saturated rings. The number of nitrogens with zero attached hydrogens (tertiary/aromatic N) is 3. The molecule has 0 aliphatic rings. The van der Waals surface area contributed by atoms with Gasteiger partial charge in [0.05, 0.1) is 35.7 Å². The van der Waals surface area contributed by atoms with Gasteiger partial charge in [0, 0.05) is 28.4 Å². The number of nitro benzene ring substituents is 1. The topological polar surface area (TPSA) is 127 Å². The van der Waals surface area contributed by atoms with Gasteiger partial charge in [-0.05, 0) is 43.7 Å². The number of carbonyl (C=O) groups is 1. The number of ether oxygens (including phenoxy) is 2. The maximum Gasteiger partial charge on any atom is 0.274 e. The Morgan fingerprint density at radius 2 is 1.75 bits per heavy atom. The van der Waals surface area contributed by atoms with Crippen molar-refractivity contribution in [3.05, 3.63) is 94.0 Å². The lowest BCUT2D eigenvalue weighted by Crippen LogP contribution is -2.22. The Kier molecular flexibility index (Phi) is 8.67. The molecule has 0 aliphatic carbocycles. The summed E-state index contributed by atoms with van der Waals surface area (Å²) in [4.78, 5) is 28.7. The highest BCUT2D eigenvalue weighted by Gasteiger charge is 2.23. The third-order valence-electron chi connectivity index (χ3n) is 6.19. The lowest BCUT2D eigenvalue weighted by molar-refractivity contribution is -0.385. The molecule has 1 aromatic heterocycles. The molecular formula is C30H26N4O5S. The molecule has 0 saturated carbocycles. The van der Waals surface area contributed by atoms with Gasteiger partial charge in [-0.1, -0.05) is 54.2 Å². The first-order valence-corrected chi connectivity index (χ1v) is 13.1. The number of aryl methyl sites for hydroxylation is 1. The molecule has 3 aromatic carbocycles. The highest BCUT2D eigenvalue weighted by Crippen LogP contribution is 2.39. The predicted molar refractivity (Wildman–Crippen MR) is 155 cm³/mol. The Morgan fingerprint density at radius 1 is 1.02 bits per heavy atom. The SMILES string of the molecule is COc1ccc(-c2cc(-c3ccccc3)nc(SC(C)C(=O)Nc3ccc(C)c([N+](=O)[O-])c3)c2C#N)cc1OC. The number of nitrogens with one attached hydrogen (secondary N) is 1. The van der Waals surface area contributed by atoms with Gasteiger partial charge in [0.2, 0.25) is 5.91 Å². The van der Waals surface area contributed by atoms with Crippen molar-refractivity contribution in [2.45, 2.75) is 24.1 Å². The molecule has 1 amide bonds. The summed E-state index contributed by atoms with van der Waals surface area (Å²) in [6, 6.07) is 23.6. The number of rotatable bonds is 9. The lowest BCUT2D eigenvalue weighted by atomic mass is 9.99. The van der Waals surface area contributed by atoms with Crippen molar-refractivity contribution >= 4 is 29.0 Å². The summed E-state index contributed by atoms with van der Waals surface area (Å²) in [5.41, 5.74) is 3.86. The number of methoxy groups -OCH3 is 2. The predicted octanol–water partition coefficient (Wildman–Crippen LogP) is 6.64. The Morgan fingerprint density at radius 3 is 2.40 bits per heavy atom. The fraction of sp³-hybridized carbons (Fsp3) is 0.167. The average Bonchev–Trinajstić information content (AvgIpc) is 2.97. The molecule has 4 rings (SSSR count). The number of anilines is 1. The first-order chi connectivity index (χ1) is 19.2. The van der Waals surface area contributed by atoms with Crippen molar-refractivity contribution in [2.75, 3.05) is 19.5 Å². The zero-order chi connectivity index (χ0) is 28.8. The van der Waals surface area contributed by atoms with E-state index in [0.29, 0.717) is 44.6 Å². The molecule has 1 unspecified atom stereocenters. The van der Waals surface area contributed by atoms with Gasteiger partial charge in [0.15, 0.2) is 11.5 Å². The molecule has 10 heteroatoms. The van der Waals surface area contributed by atoms with Gasteiger partial charge >= 0.3 is 0 Å². The van der Waals surface area contributed by atoms with Crippen molar-refractivity contribution in [3.8, 4) is 40.0 Å². The Labute approximate surface area is 235 Å². The van der Waals surface area contributed by atoms with E-state index in [-0.39, 0.29) is 11.6 Å². The maximum absolute atomic E-state index is 13.1. The second-order valence-electron chi connectivity index (χ2n) is 8.79. The van der Waals surface area contributed by atoms with Crippen LogP contribution in [0.5, 0.6) is 11.5 Å². The molecule has 1 heterocycles. The van der Waals surface area contributed by atoms with Crippen molar-refractivity contribution < 1.29 is 19.2 Å². The summed E-state index contributed by atoms with van der Waals surface area (Å²) < 4.78 is 10.8. The van der Waals surface area contributed by atoms with E-state index in [4.69, 9.17) is 14.5 Å². The molecule has 202 valence electrons. The number of hydrogen-bond acceptors (Lipinski definition) is 8. The molecule has 4 aromatic rings. The zero-order valence-electron chi connectivity index (χ0n) is 22.3. The third-order valence-corrected chi connectivity index (χ3v) is 7.28. The largest absolute Gasteiger partial charge is 0.493 e. The number of benzene rings is 3. The van der Waals surface area contributed by atoms with E-state index in [1.807, 2.05) is 42.5 Å². The molecule has 0 aliphatic heterocycles. The molecule has 1 atom stereocenters. The molecule has 0 saturated heterocycles. The molecular weight excluding hydrogens is 528 g/mol. The van der Waals surface area contributed by atoms with Gasteiger partial charge in [-0.3, -0.25) is 14.9 Å². The summed E-state index contributed by atoms with van der Waals surface area (Å²) in [7, 11) is 3.09. The van der Waals surface area contributed by atoms with Crippen LogP contribution in [0, 0.1) is 28.4 Å². The van der Waals surface area contributed by atoms with E-state index < -0.39 is 10.2 Å². The monoisotopic (exact) mass is 554 g/mol. The van der Waals surface area contributed by atoms with Crippen LogP contribution in [0.1, 0.15) is 18.1 Å². The highest BCUT2D eigenvalue weighted by molar-refractivity contribution is 8.00. The van der Waals surface area contributed by atoms with Gasteiger partial charge in [-0.25, -0.2) is 4.98 Å². The maximum atomic E-state index is 13.1. The fourth-order valence-electron chi connectivity index (χ4n) is 4.05. The fourth-order valence-corrected chi connectivity index (χ4v) is 4.98. The van der Waals surface area contributed by atoms with Crippen LogP contribution in [-0.4, -0.2) is 35.3 Å². The van der Waals surface area contributed by atoms with E-state index in [1.165, 1.54) is 6.07 Å². The van der Waals surface area contributed by atoms with E-state index >= 15 is 0 Å². The van der Waals surface area contributed by atoms with Gasteiger partial charge in [0.25, 0.3) is 5.69 Å². The van der Waals surface area contributed by atoms with E-state index in [2.05, 4.69) is 11.4 Å². The first kappa shape index (κ1) is 28.1. The van der Waals surface area contributed by atoms with Crippen molar-refractivity contribution in [2.24, 2.45) is 0 Å². The first-order valence-electron chi connectivity index (χ1n) is 12.2. The van der Waals surface area contributed by atoms with Crippen LogP contribution in [0.15, 0.2) is 77.8 Å². The van der Waals surface area contributed by atoms with E-state index in [9.17, 15) is 20.2 Å². The van der Waals surface area contributed by atoms with Gasteiger partial charge in [-0.2, -0.15) is 5.26 Å². The van der Waals surface area contributed by atoms with Gasteiger partial charge in [0.1, 0.15) is 11.1 Å². The Bertz CT molecular complexity index is 1620. The number of hydrogen-bond donors (Lipinski definition) is 1. The minimum Gasteiger partial charge on any atom is -0.493 e. The average molecular weight is 555 g/mol. The molecule has 40 heavy (non-hydrogen) atoms. The number of nitriles is 1. The Balaban J connectivity index is 1.74. The van der Waals surface area contributed by atoms with E-state index in [0.717, 1.165) is 22.9 Å². The standard InChI is InChI=1S/C30H26N4O5S/c1-18-10-12-22(15-26(18)34(36)37)32-29(35)19(2)40-30-24(17-31)23(16-25(33-30)20-8-6-5-7-9-20)21-11-13-27(38-3)28(14-21)39-4/h5-16,19H,1-4H3,(H,32,35). The number of amides is 1. The Hall–Kier alpha value is -4.88. The summed E-state index contributed by atoms with van der Waals surface area (Å²) in [6.07, 6.45) is 0. The summed E-state index contributed by atoms with van der Waals surface area (Å²) >= 11 is 1.14. The number of aromatic nitrogens is 1. The molecule has 0 bridgehead atoms. The van der Waals surface area contributed by atoms with Gasteiger partial charge < -0.3 is 14.8 Å².